The van der Waals surface area contributed by atoms with Gasteiger partial charge < -0.3 is 19.5 Å². The maximum atomic E-state index is 12.4. The summed E-state index contributed by atoms with van der Waals surface area (Å²) < 4.78 is 16.5. The van der Waals surface area contributed by atoms with Crippen molar-refractivity contribution >= 4 is 22.9 Å². The maximum absolute atomic E-state index is 12.4. The number of hydrogen-bond donors (Lipinski definition) is 1. The highest BCUT2D eigenvalue weighted by molar-refractivity contribution is 7.13. The van der Waals surface area contributed by atoms with Gasteiger partial charge in [0.1, 0.15) is 24.0 Å². The topological polar surface area (TPSA) is 69.7 Å². The third-order valence-electron chi connectivity index (χ3n) is 4.13. The minimum Gasteiger partial charge on any atom is -0.494 e. The summed E-state index contributed by atoms with van der Waals surface area (Å²) in [7, 11) is 0. The molecule has 6 nitrogen and oxygen atoms in total. The molecule has 28 heavy (non-hydrogen) atoms. The highest BCUT2D eigenvalue weighted by Gasteiger charge is 2.14. The molecule has 1 aliphatic rings. The second-order valence-electron chi connectivity index (χ2n) is 6.18. The van der Waals surface area contributed by atoms with Crippen LogP contribution < -0.4 is 19.5 Å². The standard InChI is InChI=1S/C21H20N2O4S/c1-2-25-17-6-3-14(4-7-17)21-23-16(13-28-21)12-20(24)22-15-5-8-18-19(11-15)27-10-9-26-18/h3-8,11,13H,2,9-10,12H2,1H3,(H,22,24). The third-order valence-corrected chi connectivity index (χ3v) is 5.07. The first-order valence-corrected chi connectivity index (χ1v) is 9.96. The highest BCUT2D eigenvalue weighted by atomic mass is 32.1. The van der Waals surface area contributed by atoms with E-state index in [2.05, 4.69) is 10.3 Å². The Morgan fingerprint density at radius 2 is 1.93 bits per heavy atom. The molecule has 144 valence electrons. The Morgan fingerprint density at radius 3 is 2.71 bits per heavy atom. The van der Waals surface area contributed by atoms with Gasteiger partial charge in [0.05, 0.1) is 18.7 Å². The summed E-state index contributed by atoms with van der Waals surface area (Å²) in [6.45, 7) is 3.65. The van der Waals surface area contributed by atoms with E-state index < -0.39 is 0 Å². The van der Waals surface area contributed by atoms with E-state index in [0.29, 0.717) is 37.0 Å². The third kappa shape index (κ3) is 4.26. The molecule has 3 aromatic rings. The van der Waals surface area contributed by atoms with E-state index in [1.807, 2.05) is 36.6 Å². The number of hydrogen-bond acceptors (Lipinski definition) is 6. The first-order valence-electron chi connectivity index (χ1n) is 9.08. The van der Waals surface area contributed by atoms with Crippen molar-refractivity contribution in [2.24, 2.45) is 0 Å². The number of carbonyl (C=O) groups excluding carboxylic acids is 1. The van der Waals surface area contributed by atoms with E-state index >= 15 is 0 Å². The molecule has 4 rings (SSSR count). The van der Waals surface area contributed by atoms with Crippen molar-refractivity contribution in [3.8, 4) is 27.8 Å². The fourth-order valence-corrected chi connectivity index (χ4v) is 3.70. The number of nitrogens with zero attached hydrogens (tertiary/aromatic N) is 1. The van der Waals surface area contributed by atoms with E-state index in [1.54, 1.807) is 18.2 Å². The van der Waals surface area contributed by atoms with Crippen LogP contribution in [-0.2, 0) is 11.2 Å². The Bertz CT molecular complexity index is 969. The molecule has 2 heterocycles. The molecular formula is C21H20N2O4S. The van der Waals surface area contributed by atoms with Gasteiger partial charge in [0.15, 0.2) is 11.5 Å². The normalized spacial score (nSPS) is 12.5. The molecule has 1 aliphatic heterocycles. The van der Waals surface area contributed by atoms with E-state index in [4.69, 9.17) is 14.2 Å². The zero-order valence-corrected chi connectivity index (χ0v) is 16.3. The van der Waals surface area contributed by atoms with Crippen molar-refractivity contribution in [3.63, 3.8) is 0 Å². The molecule has 0 spiro atoms. The highest BCUT2D eigenvalue weighted by Crippen LogP contribution is 2.32. The van der Waals surface area contributed by atoms with Crippen LogP contribution in [0.4, 0.5) is 5.69 Å². The van der Waals surface area contributed by atoms with Gasteiger partial charge in [-0.05, 0) is 43.3 Å². The second kappa shape index (κ2) is 8.31. The van der Waals surface area contributed by atoms with Crippen molar-refractivity contribution < 1.29 is 19.0 Å². The van der Waals surface area contributed by atoms with Gasteiger partial charge >= 0.3 is 0 Å². The number of carbonyl (C=O) groups is 1. The van der Waals surface area contributed by atoms with Crippen LogP contribution in [0.15, 0.2) is 47.8 Å². The minimum absolute atomic E-state index is 0.125. The van der Waals surface area contributed by atoms with Crippen LogP contribution in [-0.4, -0.2) is 30.7 Å². The summed E-state index contributed by atoms with van der Waals surface area (Å²) in [5, 5.41) is 5.68. The van der Waals surface area contributed by atoms with E-state index in [-0.39, 0.29) is 12.3 Å². The number of thiazole rings is 1. The number of anilines is 1. The van der Waals surface area contributed by atoms with E-state index in [1.165, 1.54) is 11.3 Å². The number of amides is 1. The van der Waals surface area contributed by atoms with Gasteiger partial charge in [0.25, 0.3) is 0 Å². The van der Waals surface area contributed by atoms with Gasteiger partial charge in [-0.25, -0.2) is 4.98 Å². The Labute approximate surface area is 167 Å². The molecule has 0 radical (unpaired) electrons. The van der Waals surface area contributed by atoms with Gasteiger partial charge in [-0.1, -0.05) is 0 Å². The number of fused-ring (bicyclic) bond motifs is 1. The minimum atomic E-state index is -0.125. The molecule has 0 saturated heterocycles. The first kappa shape index (κ1) is 18.3. The average Bonchev–Trinajstić information content (AvgIpc) is 3.17. The summed E-state index contributed by atoms with van der Waals surface area (Å²) in [6, 6.07) is 13.2. The summed E-state index contributed by atoms with van der Waals surface area (Å²) >= 11 is 1.52. The van der Waals surface area contributed by atoms with Gasteiger partial charge in [0.2, 0.25) is 5.91 Å². The Kier molecular flexibility index (Phi) is 5.43. The van der Waals surface area contributed by atoms with Crippen molar-refractivity contribution in [1.29, 1.82) is 0 Å². The lowest BCUT2D eigenvalue weighted by Gasteiger charge is -2.18. The van der Waals surface area contributed by atoms with Crippen molar-refractivity contribution in [1.82, 2.24) is 4.98 Å². The fourth-order valence-electron chi connectivity index (χ4n) is 2.87. The van der Waals surface area contributed by atoms with E-state index in [9.17, 15) is 4.79 Å². The quantitative estimate of drug-likeness (QED) is 0.677. The zero-order chi connectivity index (χ0) is 19.3. The van der Waals surface area contributed by atoms with Crippen LogP contribution in [0.1, 0.15) is 12.6 Å². The number of nitrogens with one attached hydrogen (secondary N) is 1. The molecule has 1 N–H and O–H groups in total. The van der Waals surface area contributed by atoms with Gasteiger partial charge in [-0.2, -0.15) is 0 Å². The molecule has 1 aromatic heterocycles. The van der Waals surface area contributed by atoms with Gasteiger partial charge in [-0.15, -0.1) is 11.3 Å². The molecule has 0 unspecified atom stereocenters. The predicted molar refractivity (Wildman–Crippen MR) is 108 cm³/mol. The van der Waals surface area contributed by atoms with Crippen molar-refractivity contribution in [2.75, 3.05) is 25.1 Å². The Balaban J connectivity index is 1.39. The van der Waals surface area contributed by atoms with Crippen LogP contribution in [0.5, 0.6) is 17.2 Å². The van der Waals surface area contributed by atoms with E-state index in [0.717, 1.165) is 22.0 Å². The molecule has 0 aliphatic carbocycles. The Morgan fingerprint density at radius 1 is 1.14 bits per heavy atom. The summed E-state index contributed by atoms with van der Waals surface area (Å²) in [4.78, 5) is 17.0. The Hall–Kier alpha value is -3.06. The molecule has 2 aromatic carbocycles. The fraction of sp³-hybridized carbons (Fsp3) is 0.238. The number of benzene rings is 2. The van der Waals surface area contributed by atoms with Crippen LogP contribution in [0.25, 0.3) is 10.6 Å². The van der Waals surface area contributed by atoms with Crippen LogP contribution >= 0.6 is 11.3 Å². The molecule has 0 bridgehead atoms. The van der Waals surface area contributed by atoms with Crippen LogP contribution in [0.3, 0.4) is 0 Å². The molecule has 0 saturated carbocycles. The SMILES string of the molecule is CCOc1ccc(-c2nc(CC(=O)Nc3ccc4c(c3)OCCO4)cs2)cc1. The van der Waals surface area contributed by atoms with Gasteiger partial charge in [-0.3, -0.25) is 4.79 Å². The zero-order valence-electron chi connectivity index (χ0n) is 15.4. The molecular weight excluding hydrogens is 376 g/mol. The molecule has 1 amide bonds. The first-order chi connectivity index (χ1) is 13.7. The largest absolute Gasteiger partial charge is 0.494 e. The van der Waals surface area contributed by atoms with Crippen molar-refractivity contribution in [3.05, 3.63) is 53.5 Å². The molecule has 0 fully saturated rings. The lowest BCUT2D eigenvalue weighted by Crippen LogP contribution is -2.17. The smallest absolute Gasteiger partial charge is 0.230 e. The summed E-state index contributed by atoms with van der Waals surface area (Å²) in [5.41, 5.74) is 2.42. The lowest BCUT2D eigenvalue weighted by atomic mass is 10.2. The molecule has 7 heteroatoms. The second-order valence-corrected chi connectivity index (χ2v) is 7.04. The number of aromatic nitrogens is 1. The van der Waals surface area contributed by atoms with Crippen LogP contribution in [0, 0.1) is 0 Å². The maximum Gasteiger partial charge on any atom is 0.230 e. The lowest BCUT2D eigenvalue weighted by molar-refractivity contribution is -0.115. The number of ether oxygens (including phenoxy) is 3. The predicted octanol–water partition coefficient (Wildman–Crippen LogP) is 4.16. The van der Waals surface area contributed by atoms with Gasteiger partial charge in [0, 0.05) is 22.7 Å². The van der Waals surface area contributed by atoms with Crippen molar-refractivity contribution in [2.45, 2.75) is 13.3 Å². The average molecular weight is 396 g/mol. The number of rotatable bonds is 6. The van der Waals surface area contributed by atoms with Crippen LogP contribution in [0.2, 0.25) is 0 Å². The molecule has 0 atom stereocenters. The summed E-state index contributed by atoms with van der Waals surface area (Å²) in [6.07, 6.45) is 0.210. The summed E-state index contributed by atoms with van der Waals surface area (Å²) in [5.74, 6) is 2.06. The monoisotopic (exact) mass is 396 g/mol.